The van der Waals surface area contributed by atoms with Crippen molar-refractivity contribution in [2.24, 2.45) is 7.05 Å². The highest BCUT2D eigenvalue weighted by Gasteiger charge is 2.28. The largest absolute Gasteiger partial charge is 0.321 e. The minimum atomic E-state index is 0.368. The molecule has 0 radical (unpaired) electrons. The normalized spacial score (nSPS) is 17.0. The molecule has 0 fully saturated rings. The summed E-state index contributed by atoms with van der Waals surface area (Å²) in [6, 6.07) is 8.99. The summed E-state index contributed by atoms with van der Waals surface area (Å²) in [6.07, 6.45) is 9.48. The van der Waals surface area contributed by atoms with Crippen LogP contribution in [0.1, 0.15) is 29.4 Å². The molecule has 3 nitrogen and oxygen atoms in total. The zero-order chi connectivity index (χ0) is 14.8. The second-order valence-electron chi connectivity index (χ2n) is 5.42. The number of terminal acetylenes is 1. The van der Waals surface area contributed by atoms with Crippen molar-refractivity contribution in [1.82, 2.24) is 14.5 Å². The van der Waals surface area contributed by atoms with E-state index in [0.717, 1.165) is 18.7 Å². The number of aryl methyl sites for hydroxylation is 1. The van der Waals surface area contributed by atoms with Crippen LogP contribution in [0.25, 0.3) is 0 Å². The van der Waals surface area contributed by atoms with Crippen LogP contribution in [-0.4, -0.2) is 21.0 Å². The minimum absolute atomic E-state index is 0.368. The van der Waals surface area contributed by atoms with Crippen LogP contribution in [0.15, 0.2) is 30.5 Å². The van der Waals surface area contributed by atoms with E-state index in [9.17, 15) is 0 Å². The molecule has 0 aliphatic heterocycles. The van der Waals surface area contributed by atoms with E-state index in [4.69, 9.17) is 18.0 Å². The number of hydrogen-bond donors (Lipinski definition) is 0. The Morgan fingerprint density at radius 2 is 2.29 bits per heavy atom. The van der Waals surface area contributed by atoms with Crippen LogP contribution < -0.4 is 0 Å². The van der Waals surface area contributed by atoms with Crippen molar-refractivity contribution in [2.45, 2.75) is 25.4 Å². The lowest BCUT2D eigenvalue weighted by Gasteiger charge is -2.27. The average Bonchev–Trinajstić information content (AvgIpc) is 3.05. The molecular formula is C17H18ClN3. The van der Waals surface area contributed by atoms with Gasteiger partial charge in [0.1, 0.15) is 11.0 Å². The molecule has 3 rings (SSSR count). The Hall–Kier alpha value is -1.76. The summed E-state index contributed by atoms with van der Waals surface area (Å²) in [5, 5.41) is 0.650. The molecule has 0 unspecified atom stereocenters. The Kier molecular flexibility index (Phi) is 4.01. The summed E-state index contributed by atoms with van der Waals surface area (Å²) in [5.74, 6) is 3.72. The van der Waals surface area contributed by atoms with Gasteiger partial charge in [0.15, 0.2) is 0 Å². The third-order valence-corrected chi connectivity index (χ3v) is 4.56. The number of nitrogens with zero attached hydrogens (tertiary/aromatic N) is 3. The predicted octanol–water partition coefficient (Wildman–Crippen LogP) is 3.20. The van der Waals surface area contributed by atoms with E-state index in [1.54, 1.807) is 6.20 Å². The molecule has 0 spiro atoms. The fourth-order valence-corrected chi connectivity index (χ4v) is 3.21. The number of imidazole rings is 1. The molecule has 2 aromatic rings. The number of rotatable bonds is 4. The van der Waals surface area contributed by atoms with E-state index in [2.05, 4.69) is 40.1 Å². The van der Waals surface area contributed by atoms with Crippen LogP contribution in [0, 0.1) is 12.3 Å². The van der Waals surface area contributed by atoms with Crippen molar-refractivity contribution in [3.05, 3.63) is 52.6 Å². The Morgan fingerprint density at radius 1 is 1.48 bits per heavy atom. The van der Waals surface area contributed by atoms with E-state index >= 15 is 0 Å². The van der Waals surface area contributed by atoms with Gasteiger partial charge in [-0.25, -0.2) is 4.98 Å². The van der Waals surface area contributed by atoms with Crippen LogP contribution in [-0.2, 0) is 20.0 Å². The van der Waals surface area contributed by atoms with Crippen molar-refractivity contribution in [3.8, 4) is 12.3 Å². The van der Waals surface area contributed by atoms with Crippen LogP contribution in [0.5, 0.6) is 0 Å². The lowest BCUT2D eigenvalue weighted by molar-refractivity contribution is 0.206. The topological polar surface area (TPSA) is 21.1 Å². The second kappa shape index (κ2) is 5.93. The molecule has 1 aromatic carbocycles. The standard InChI is InChI=1S/C17H18ClN3/c1-3-10-21(12-17-19-11-16(18)20(17)2)15-9-8-13-6-4-5-7-14(13)15/h1,4-7,11,15H,8-10,12H2,2H3/t15-/m0/s1. The Bertz CT molecular complexity index is 684. The Labute approximate surface area is 130 Å². The van der Waals surface area contributed by atoms with Gasteiger partial charge in [-0.05, 0) is 24.0 Å². The van der Waals surface area contributed by atoms with Gasteiger partial charge in [0, 0.05) is 13.1 Å². The predicted molar refractivity (Wildman–Crippen MR) is 85.0 cm³/mol. The highest BCUT2D eigenvalue weighted by atomic mass is 35.5. The first-order valence-corrected chi connectivity index (χ1v) is 7.50. The quantitative estimate of drug-likeness (QED) is 0.809. The molecule has 0 amide bonds. The molecule has 0 bridgehead atoms. The third-order valence-electron chi connectivity index (χ3n) is 4.21. The van der Waals surface area contributed by atoms with Crippen molar-refractivity contribution < 1.29 is 0 Å². The zero-order valence-corrected chi connectivity index (χ0v) is 12.8. The van der Waals surface area contributed by atoms with E-state index in [-0.39, 0.29) is 0 Å². The Morgan fingerprint density at radius 3 is 3.00 bits per heavy atom. The molecule has 21 heavy (non-hydrogen) atoms. The first-order chi connectivity index (χ1) is 10.2. The minimum Gasteiger partial charge on any atom is -0.321 e. The molecule has 1 aliphatic carbocycles. The molecule has 0 saturated heterocycles. The van der Waals surface area contributed by atoms with E-state index in [0.29, 0.717) is 24.3 Å². The fourth-order valence-electron chi connectivity index (χ4n) is 3.06. The smallest absolute Gasteiger partial charge is 0.128 e. The van der Waals surface area contributed by atoms with Crippen molar-refractivity contribution >= 4 is 11.6 Å². The number of fused-ring (bicyclic) bond motifs is 1. The summed E-state index contributed by atoms with van der Waals surface area (Å²) in [4.78, 5) is 6.70. The lowest BCUT2D eigenvalue weighted by atomic mass is 10.1. The second-order valence-corrected chi connectivity index (χ2v) is 5.81. The first kappa shape index (κ1) is 14.2. The summed E-state index contributed by atoms with van der Waals surface area (Å²) in [7, 11) is 1.93. The maximum absolute atomic E-state index is 6.07. The number of benzene rings is 1. The molecule has 1 aliphatic rings. The van der Waals surface area contributed by atoms with Crippen molar-refractivity contribution in [2.75, 3.05) is 6.54 Å². The molecule has 0 N–H and O–H groups in total. The molecule has 1 heterocycles. The molecule has 1 atom stereocenters. The van der Waals surface area contributed by atoms with Gasteiger partial charge in [0.25, 0.3) is 0 Å². The average molecular weight is 300 g/mol. The number of hydrogen-bond acceptors (Lipinski definition) is 2. The monoisotopic (exact) mass is 299 g/mol. The molecule has 4 heteroatoms. The summed E-state index contributed by atoms with van der Waals surface area (Å²) < 4.78 is 1.91. The highest BCUT2D eigenvalue weighted by molar-refractivity contribution is 6.29. The van der Waals surface area contributed by atoms with Crippen molar-refractivity contribution in [1.29, 1.82) is 0 Å². The van der Waals surface area contributed by atoms with E-state index in [1.807, 2.05) is 11.6 Å². The molecular weight excluding hydrogens is 282 g/mol. The first-order valence-electron chi connectivity index (χ1n) is 7.12. The van der Waals surface area contributed by atoms with E-state index < -0.39 is 0 Å². The van der Waals surface area contributed by atoms with Gasteiger partial charge in [-0.15, -0.1) is 6.42 Å². The van der Waals surface area contributed by atoms with Crippen molar-refractivity contribution in [3.63, 3.8) is 0 Å². The fraction of sp³-hybridized carbons (Fsp3) is 0.353. The highest BCUT2D eigenvalue weighted by Crippen LogP contribution is 2.36. The van der Waals surface area contributed by atoms with Gasteiger partial charge in [-0.3, -0.25) is 4.90 Å². The van der Waals surface area contributed by atoms with E-state index in [1.165, 1.54) is 11.1 Å². The van der Waals surface area contributed by atoms with Gasteiger partial charge in [-0.1, -0.05) is 41.8 Å². The molecule has 0 saturated carbocycles. The third kappa shape index (κ3) is 2.70. The molecule has 108 valence electrons. The SMILES string of the molecule is C#CCN(Cc1ncc(Cl)n1C)[C@H]1CCc2ccccc21. The van der Waals surface area contributed by atoms with Gasteiger partial charge >= 0.3 is 0 Å². The van der Waals surface area contributed by atoms with Gasteiger partial charge in [-0.2, -0.15) is 0 Å². The van der Waals surface area contributed by atoms with Crippen LogP contribution in [0.3, 0.4) is 0 Å². The Balaban J connectivity index is 1.86. The summed E-state index contributed by atoms with van der Waals surface area (Å²) in [6.45, 7) is 1.33. The molecule has 1 aromatic heterocycles. The zero-order valence-electron chi connectivity index (χ0n) is 12.1. The van der Waals surface area contributed by atoms with Gasteiger partial charge in [0.05, 0.1) is 19.3 Å². The van der Waals surface area contributed by atoms with Gasteiger partial charge < -0.3 is 4.57 Å². The summed E-state index contributed by atoms with van der Waals surface area (Å²) >= 11 is 6.07. The number of halogens is 1. The number of aromatic nitrogens is 2. The summed E-state index contributed by atoms with van der Waals surface area (Å²) in [5.41, 5.74) is 2.83. The maximum Gasteiger partial charge on any atom is 0.128 e. The van der Waals surface area contributed by atoms with Crippen LogP contribution in [0.2, 0.25) is 5.15 Å². The van der Waals surface area contributed by atoms with Crippen LogP contribution >= 0.6 is 11.6 Å². The maximum atomic E-state index is 6.07. The van der Waals surface area contributed by atoms with Gasteiger partial charge in [0.2, 0.25) is 0 Å². The van der Waals surface area contributed by atoms with Crippen LogP contribution in [0.4, 0.5) is 0 Å². The lowest BCUT2D eigenvalue weighted by Crippen LogP contribution is -2.28.